The largest absolute Gasteiger partial charge is 0.456 e. The molecule has 148 valence electrons. The number of hydrogen-bond donors (Lipinski definition) is 1. The molecular formula is C21H23ClN2O4. The molecule has 0 fully saturated rings. The highest BCUT2D eigenvalue weighted by Gasteiger charge is 2.17. The monoisotopic (exact) mass is 402 g/mol. The van der Waals surface area contributed by atoms with Crippen LogP contribution in [0.5, 0.6) is 0 Å². The standard InChI is InChI=1S/C21H23ClN2O4/c1-15(16-8-4-3-5-9-16)12-21(27)28-14-20(26)24(2)13-19(25)23-18-11-7-6-10-17(18)22/h3-11,15H,12-14H2,1-2H3,(H,23,25)/t15-/m0/s1. The highest BCUT2D eigenvalue weighted by atomic mass is 35.5. The number of ether oxygens (including phenoxy) is 1. The van der Waals surface area contributed by atoms with Gasteiger partial charge in [0.05, 0.1) is 23.7 Å². The molecule has 28 heavy (non-hydrogen) atoms. The summed E-state index contributed by atoms with van der Waals surface area (Å²) >= 11 is 5.98. The van der Waals surface area contributed by atoms with Crippen molar-refractivity contribution >= 4 is 35.1 Å². The lowest BCUT2D eigenvalue weighted by atomic mass is 9.98. The van der Waals surface area contributed by atoms with Crippen LogP contribution >= 0.6 is 11.6 Å². The zero-order chi connectivity index (χ0) is 20.5. The first-order chi connectivity index (χ1) is 13.4. The van der Waals surface area contributed by atoms with E-state index in [0.717, 1.165) is 5.56 Å². The number of halogens is 1. The number of benzene rings is 2. The summed E-state index contributed by atoms with van der Waals surface area (Å²) in [6, 6.07) is 16.4. The van der Waals surface area contributed by atoms with Crippen molar-refractivity contribution in [1.82, 2.24) is 4.90 Å². The van der Waals surface area contributed by atoms with Crippen molar-refractivity contribution in [2.24, 2.45) is 0 Å². The molecular weight excluding hydrogens is 380 g/mol. The van der Waals surface area contributed by atoms with Crippen LogP contribution in [0, 0.1) is 0 Å². The van der Waals surface area contributed by atoms with E-state index in [9.17, 15) is 14.4 Å². The van der Waals surface area contributed by atoms with Gasteiger partial charge in [-0.1, -0.05) is 61.0 Å². The van der Waals surface area contributed by atoms with Crippen LogP contribution in [0.3, 0.4) is 0 Å². The predicted octanol–water partition coefficient (Wildman–Crippen LogP) is 3.47. The number of nitrogens with zero attached hydrogens (tertiary/aromatic N) is 1. The number of hydrogen-bond acceptors (Lipinski definition) is 4. The molecule has 7 heteroatoms. The topological polar surface area (TPSA) is 75.7 Å². The molecule has 0 radical (unpaired) electrons. The summed E-state index contributed by atoms with van der Waals surface area (Å²) in [6.07, 6.45) is 0.175. The van der Waals surface area contributed by atoms with Crippen molar-refractivity contribution in [2.75, 3.05) is 25.5 Å². The molecule has 0 aromatic heterocycles. The number of carbonyl (C=O) groups excluding carboxylic acids is 3. The van der Waals surface area contributed by atoms with E-state index < -0.39 is 24.4 Å². The first-order valence-corrected chi connectivity index (χ1v) is 9.23. The molecule has 1 atom stereocenters. The van der Waals surface area contributed by atoms with E-state index >= 15 is 0 Å². The molecule has 2 amide bonds. The Kier molecular flexibility index (Phi) is 8.02. The highest BCUT2D eigenvalue weighted by molar-refractivity contribution is 6.33. The zero-order valence-corrected chi connectivity index (χ0v) is 16.6. The fraction of sp³-hybridized carbons (Fsp3) is 0.286. The zero-order valence-electron chi connectivity index (χ0n) is 15.9. The molecule has 0 saturated heterocycles. The Labute approximate surface area is 169 Å². The van der Waals surface area contributed by atoms with Crippen molar-refractivity contribution in [3.05, 3.63) is 65.2 Å². The number of likely N-dealkylation sites (N-methyl/N-ethyl adjacent to an activating group) is 1. The van der Waals surface area contributed by atoms with Crippen LogP contribution in [-0.2, 0) is 19.1 Å². The lowest BCUT2D eigenvalue weighted by molar-refractivity contribution is -0.152. The lowest BCUT2D eigenvalue weighted by Crippen LogP contribution is -2.37. The summed E-state index contributed by atoms with van der Waals surface area (Å²) in [4.78, 5) is 37.3. The van der Waals surface area contributed by atoms with Gasteiger partial charge in [-0.15, -0.1) is 0 Å². The minimum Gasteiger partial charge on any atom is -0.456 e. The van der Waals surface area contributed by atoms with Crippen molar-refractivity contribution in [3.8, 4) is 0 Å². The van der Waals surface area contributed by atoms with E-state index in [-0.39, 0.29) is 18.9 Å². The molecule has 2 rings (SSSR count). The Morgan fingerprint density at radius 2 is 1.71 bits per heavy atom. The van der Waals surface area contributed by atoms with Gasteiger partial charge in [0.1, 0.15) is 0 Å². The minimum atomic E-state index is -0.463. The predicted molar refractivity (Wildman–Crippen MR) is 108 cm³/mol. The summed E-state index contributed by atoms with van der Waals surface area (Å²) < 4.78 is 5.05. The Bertz CT molecular complexity index is 826. The average Bonchev–Trinajstić information content (AvgIpc) is 2.68. The van der Waals surface area contributed by atoms with Crippen LogP contribution in [0.2, 0.25) is 5.02 Å². The second-order valence-electron chi connectivity index (χ2n) is 6.45. The molecule has 0 heterocycles. The maximum Gasteiger partial charge on any atom is 0.306 e. The highest BCUT2D eigenvalue weighted by Crippen LogP contribution is 2.20. The number of carbonyl (C=O) groups is 3. The van der Waals surface area contributed by atoms with E-state index in [0.29, 0.717) is 10.7 Å². The quantitative estimate of drug-likeness (QED) is 0.686. The van der Waals surface area contributed by atoms with Gasteiger partial charge in [0, 0.05) is 7.05 Å². The fourth-order valence-electron chi connectivity index (χ4n) is 2.52. The number of para-hydroxylation sites is 1. The van der Waals surface area contributed by atoms with Gasteiger partial charge in [-0.25, -0.2) is 0 Å². The maximum atomic E-state index is 12.1. The van der Waals surface area contributed by atoms with Gasteiger partial charge >= 0.3 is 5.97 Å². The second-order valence-corrected chi connectivity index (χ2v) is 6.86. The third-order valence-electron chi connectivity index (χ3n) is 4.15. The van der Waals surface area contributed by atoms with Gasteiger partial charge in [0.2, 0.25) is 5.91 Å². The van der Waals surface area contributed by atoms with E-state index in [1.54, 1.807) is 24.3 Å². The Morgan fingerprint density at radius 3 is 2.39 bits per heavy atom. The first-order valence-electron chi connectivity index (χ1n) is 8.85. The molecule has 6 nitrogen and oxygen atoms in total. The summed E-state index contributed by atoms with van der Waals surface area (Å²) in [5.41, 5.74) is 1.50. The Hall–Kier alpha value is -2.86. The van der Waals surface area contributed by atoms with E-state index in [1.165, 1.54) is 11.9 Å². The number of esters is 1. The van der Waals surface area contributed by atoms with Gasteiger partial charge in [-0.3, -0.25) is 14.4 Å². The fourth-order valence-corrected chi connectivity index (χ4v) is 2.70. The third-order valence-corrected chi connectivity index (χ3v) is 4.48. The van der Waals surface area contributed by atoms with E-state index in [1.807, 2.05) is 37.3 Å². The summed E-state index contributed by atoms with van der Waals surface area (Å²) in [5.74, 6) is -1.33. The molecule has 0 aliphatic heterocycles. The summed E-state index contributed by atoms with van der Waals surface area (Å²) in [7, 11) is 1.47. The van der Waals surface area contributed by atoms with Gasteiger partial charge in [0.25, 0.3) is 5.91 Å². The number of nitrogens with one attached hydrogen (secondary N) is 1. The molecule has 0 aliphatic carbocycles. The van der Waals surface area contributed by atoms with Crippen LogP contribution < -0.4 is 5.32 Å². The molecule has 1 N–H and O–H groups in total. The van der Waals surface area contributed by atoms with Gasteiger partial charge in [-0.05, 0) is 23.6 Å². The molecule has 0 aliphatic rings. The van der Waals surface area contributed by atoms with Crippen LogP contribution in [0.4, 0.5) is 5.69 Å². The van der Waals surface area contributed by atoms with E-state index in [2.05, 4.69) is 5.32 Å². The summed E-state index contributed by atoms with van der Waals surface area (Å²) in [5, 5.41) is 3.04. The summed E-state index contributed by atoms with van der Waals surface area (Å²) in [6.45, 7) is 1.34. The molecule has 0 bridgehead atoms. The number of rotatable bonds is 8. The van der Waals surface area contributed by atoms with Gasteiger partial charge in [0.15, 0.2) is 6.61 Å². The Morgan fingerprint density at radius 1 is 1.07 bits per heavy atom. The van der Waals surface area contributed by atoms with Crippen molar-refractivity contribution in [1.29, 1.82) is 0 Å². The SMILES string of the molecule is C[C@@H](CC(=O)OCC(=O)N(C)CC(=O)Nc1ccccc1Cl)c1ccccc1. The molecule has 0 saturated carbocycles. The van der Waals surface area contributed by atoms with Gasteiger partial charge < -0.3 is 15.0 Å². The smallest absolute Gasteiger partial charge is 0.306 e. The molecule has 0 unspecified atom stereocenters. The van der Waals surface area contributed by atoms with Crippen LogP contribution in [0.15, 0.2) is 54.6 Å². The molecule has 0 spiro atoms. The number of amides is 2. The first kappa shape index (κ1) is 21.4. The second kappa shape index (κ2) is 10.5. The molecule has 2 aromatic carbocycles. The van der Waals surface area contributed by atoms with E-state index in [4.69, 9.17) is 16.3 Å². The third kappa shape index (κ3) is 6.70. The van der Waals surface area contributed by atoms with Gasteiger partial charge in [-0.2, -0.15) is 0 Å². The number of anilines is 1. The van der Waals surface area contributed by atoms with Crippen molar-refractivity contribution < 1.29 is 19.1 Å². The average molecular weight is 403 g/mol. The minimum absolute atomic E-state index is 0.0112. The van der Waals surface area contributed by atoms with Crippen LogP contribution in [0.25, 0.3) is 0 Å². The lowest BCUT2D eigenvalue weighted by Gasteiger charge is -2.17. The maximum absolute atomic E-state index is 12.1. The van der Waals surface area contributed by atoms with Crippen molar-refractivity contribution in [3.63, 3.8) is 0 Å². The van der Waals surface area contributed by atoms with Crippen LogP contribution in [0.1, 0.15) is 24.8 Å². The normalized spacial score (nSPS) is 11.4. The van der Waals surface area contributed by atoms with Crippen LogP contribution in [-0.4, -0.2) is 42.9 Å². The van der Waals surface area contributed by atoms with Crippen molar-refractivity contribution in [2.45, 2.75) is 19.3 Å². The molecule has 2 aromatic rings. The Balaban J connectivity index is 1.75.